The van der Waals surface area contributed by atoms with Crippen LogP contribution in [0.25, 0.3) is 6.08 Å². The first-order valence-corrected chi connectivity index (χ1v) is 11.6. The van der Waals surface area contributed by atoms with E-state index in [1.54, 1.807) is 54.6 Å². The van der Waals surface area contributed by atoms with E-state index in [1.807, 2.05) is 0 Å². The molecule has 3 aromatic carbocycles. The van der Waals surface area contributed by atoms with Gasteiger partial charge in [0.25, 0.3) is 21.8 Å². The van der Waals surface area contributed by atoms with Crippen molar-refractivity contribution in [1.82, 2.24) is 10.6 Å². The Bertz CT molecular complexity index is 1370. The molecular formula is C23H20ClN5O4S. The number of hydrogen-bond donors (Lipinski definition) is 4. The number of carbonyl (C=O) groups is 2. The van der Waals surface area contributed by atoms with Crippen LogP contribution in [0.3, 0.4) is 0 Å². The first-order valence-electron chi connectivity index (χ1n) is 9.75. The number of halogens is 1. The van der Waals surface area contributed by atoms with Crippen LogP contribution in [0, 0.1) is 0 Å². The molecule has 34 heavy (non-hydrogen) atoms. The average Bonchev–Trinajstić information content (AvgIpc) is 2.80. The monoisotopic (exact) mass is 497 g/mol. The molecule has 0 spiro atoms. The fourth-order valence-corrected chi connectivity index (χ4v) is 3.80. The van der Waals surface area contributed by atoms with Crippen LogP contribution in [0.2, 0.25) is 5.02 Å². The van der Waals surface area contributed by atoms with Gasteiger partial charge in [-0.1, -0.05) is 48.0 Å². The molecule has 0 aliphatic rings. The zero-order valence-corrected chi connectivity index (χ0v) is 19.2. The minimum absolute atomic E-state index is 0.164. The summed E-state index contributed by atoms with van der Waals surface area (Å²) in [6.07, 6.45) is 1.33. The number of hydrogen-bond acceptors (Lipinski definition) is 5. The van der Waals surface area contributed by atoms with Crippen LogP contribution in [-0.2, 0) is 14.8 Å². The number of carbonyl (C=O) groups excluding carboxylic acids is 2. The molecule has 0 radical (unpaired) electrons. The highest BCUT2D eigenvalue weighted by Gasteiger charge is 2.18. The van der Waals surface area contributed by atoms with Crippen LogP contribution in [-0.4, -0.2) is 26.2 Å². The van der Waals surface area contributed by atoms with E-state index in [9.17, 15) is 18.0 Å². The van der Waals surface area contributed by atoms with Crippen molar-refractivity contribution in [3.63, 3.8) is 0 Å². The van der Waals surface area contributed by atoms with E-state index in [0.717, 1.165) is 0 Å². The smallest absolute Gasteiger partial charge is 0.285 e. The Morgan fingerprint density at radius 1 is 0.882 bits per heavy atom. The summed E-state index contributed by atoms with van der Waals surface area (Å²) in [6.45, 7) is 0. The maximum atomic E-state index is 12.9. The third kappa shape index (κ3) is 6.44. The topological polar surface area (TPSA) is 157 Å². The number of guanidine groups is 1. The first kappa shape index (κ1) is 24.5. The lowest BCUT2D eigenvalue weighted by atomic mass is 10.1. The summed E-state index contributed by atoms with van der Waals surface area (Å²) in [5.41, 5.74) is 12.1. The number of anilines is 1. The summed E-state index contributed by atoms with van der Waals surface area (Å²) >= 11 is 6.17. The Hall–Kier alpha value is -4.15. The van der Waals surface area contributed by atoms with E-state index in [0.29, 0.717) is 21.8 Å². The van der Waals surface area contributed by atoms with Crippen molar-refractivity contribution >= 4 is 51.2 Å². The van der Waals surface area contributed by atoms with E-state index >= 15 is 0 Å². The number of nitrogens with one attached hydrogen (secondary N) is 2. The van der Waals surface area contributed by atoms with Crippen molar-refractivity contribution < 1.29 is 18.0 Å². The molecule has 0 aromatic heterocycles. The molecule has 0 saturated heterocycles. The third-order valence-electron chi connectivity index (χ3n) is 4.37. The van der Waals surface area contributed by atoms with E-state index in [2.05, 4.69) is 15.0 Å². The molecule has 0 unspecified atom stereocenters. The normalized spacial score (nSPS) is 12.1. The van der Waals surface area contributed by atoms with Crippen LogP contribution < -0.4 is 22.1 Å². The van der Waals surface area contributed by atoms with Crippen LogP contribution in [0.5, 0.6) is 0 Å². The summed E-state index contributed by atoms with van der Waals surface area (Å²) in [7, 11) is -4.21. The Morgan fingerprint density at radius 3 is 2.15 bits per heavy atom. The lowest BCUT2D eigenvalue weighted by molar-refractivity contribution is -0.116. The molecule has 0 bridgehead atoms. The van der Waals surface area contributed by atoms with Crippen LogP contribution in [0.4, 0.5) is 5.69 Å². The van der Waals surface area contributed by atoms with Crippen LogP contribution >= 0.6 is 11.6 Å². The number of nitrogen functional groups attached to an aromatic ring is 1. The molecule has 0 aliphatic heterocycles. The van der Waals surface area contributed by atoms with Gasteiger partial charge in [0.2, 0.25) is 5.96 Å². The molecule has 0 saturated carbocycles. The van der Waals surface area contributed by atoms with Crippen molar-refractivity contribution in [1.29, 1.82) is 0 Å². The molecule has 9 nitrogen and oxygen atoms in total. The van der Waals surface area contributed by atoms with Gasteiger partial charge in [-0.25, -0.2) is 0 Å². The van der Waals surface area contributed by atoms with E-state index in [4.69, 9.17) is 23.1 Å². The van der Waals surface area contributed by atoms with Gasteiger partial charge in [-0.05, 0) is 54.1 Å². The van der Waals surface area contributed by atoms with Gasteiger partial charge in [-0.2, -0.15) is 8.42 Å². The fourth-order valence-electron chi connectivity index (χ4n) is 2.72. The van der Waals surface area contributed by atoms with Gasteiger partial charge < -0.3 is 16.8 Å². The summed E-state index contributed by atoms with van der Waals surface area (Å²) < 4.78 is 28.3. The summed E-state index contributed by atoms with van der Waals surface area (Å²) in [4.78, 5) is 25.4. The van der Waals surface area contributed by atoms with Crippen molar-refractivity contribution in [3.05, 3.63) is 101 Å². The van der Waals surface area contributed by atoms with Crippen molar-refractivity contribution in [2.75, 3.05) is 5.73 Å². The maximum absolute atomic E-state index is 12.9. The van der Waals surface area contributed by atoms with E-state index < -0.39 is 27.8 Å². The Kier molecular flexibility index (Phi) is 7.67. The number of benzene rings is 3. The number of nitrogens with zero attached hydrogens (tertiary/aromatic N) is 1. The molecule has 11 heteroatoms. The van der Waals surface area contributed by atoms with Gasteiger partial charge >= 0.3 is 0 Å². The zero-order valence-electron chi connectivity index (χ0n) is 17.6. The summed E-state index contributed by atoms with van der Waals surface area (Å²) in [6, 6.07) is 20.1. The van der Waals surface area contributed by atoms with Gasteiger partial charge in [-0.15, -0.1) is 4.40 Å². The second kappa shape index (κ2) is 10.6. The average molecular weight is 498 g/mol. The molecule has 0 atom stereocenters. The van der Waals surface area contributed by atoms with Gasteiger partial charge in [0.05, 0.1) is 4.90 Å². The largest absolute Gasteiger partial charge is 0.399 e. The minimum atomic E-state index is -4.21. The van der Waals surface area contributed by atoms with E-state index in [1.165, 1.54) is 30.3 Å². The van der Waals surface area contributed by atoms with Gasteiger partial charge in [0.1, 0.15) is 5.70 Å². The van der Waals surface area contributed by atoms with Crippen molar-refractivity contribution in [3.8, 4) is 0 Å². The number of nitrogens with two attached hydrogens (primary N) is 2. The SMILES string of the molecule is NC(=NS(=O)(=O)c1ccc(N)cc1)NC(=O)/C(=C\c1ccccc1Cl)NC(=O)c1ccccc1. The molecule has 174 valence electrons. The van der Waals surface area contributed by atoms with Crippen molar-refractivity contribution in [2.45, 2.75) is 4.90 Å². The lowest BCUT2D eigenvalue weighted by Gasteiger charge is -2.11. The molecule has 3 aromatic rings. The summed E-state index contributed by atoms with van der Waals surface area (Å²) in [5.74, 6) is -2.17. The molecular weight excluding hydrogens is 478 g/mol. The van der Waals surface area contributed by atoms with Crippen LogP contribution in [0.15, 0.2) is 93.9 Å². The minimum Gasteiger partial charge on any atom is -0.399 e. The zero-order chi connectivity index (χ0) is 24.7. The quantitative estimate of drug-likeness (QED) is 0.177. The Balaban J connectivity index is 1.88. The molecule has 3 rings (SSSR count). The second-order valence-electron chi connectivity index (χ2n) is 6.87. The summed E-state index contributed by atoms with van der Waals surface area (Å²) in [5, 5.41) is 4.99. The maximum Gasteiger partial charge on any atom is 0.285 e. The predicted octanol–water partition coefficient (Wildman–Crippen LogP) is 2.51. The highest BCUT2D eigenvalue weighted by Crippen LogP contribution is 2.18. The Morgan fingerprint density at radius 2 is 1.50 bits per heavy atom. The molecule has 0 aliphatic carbocycles. The van der Waals surface area contributed by atoms with Crippen LogP contribution in [0.1, 0.15) is 15.9 Å². The molecule has 0 heterocycles. The highest BCUT2D eigenvalue weighted by molar-refractivity contribution is 7.90. The Labute approximate surface area is 201 Å². The molecule has 2 amide bonds. The first-order chi connectivity index (χ1) is 16.2. The highest BCUT2D eigenvalue weighted by atomic mass is 35.5. The van der Waals surface area contributed by atoms with Gasteiger partial charge in [0, 0.05) is 16.3 Å². The number of sulfonamides is 1. The third-order valence-corrected chi connectivity index (χ3v) is 6.02. The van der Waals surface area contributed by atoms with E-state index in [-0.39, 0.29) is 10.6 Å². The fraction of sp³-hybridized carbons (Fsp3) is 0. The van der Waals surface area contributed by atoms with Crippen molar-refractivity contribution in [2.24, 2.45) is 10.1 Å². The molecule has 6 N–H and O–H groups in total. The molecule has 0 fully saturated rings. The van der Waals surface area contributed by atoms with Gasteiger partial charge in [0.15, 0.2) is 0 Å². The predicted molar refractivity (Wildman–Crippen MR) is 131 cm³/mol. The number of amides is 2. The standard InChI is InChI=1S/C23H20ClN5O4S/c24-19-9-5-4-8-16(19)14-20(27-21(30)15-6-2-1-3-7-15)22(31)28-23(26)29-34(32,33)18-12-10-17(25)11-13-18/h1-14H,25H2,(H,27,30)(H3,26,28,29,31)/b20-14+. The lowest BCUT2D eigenvalue weighted by Crippen LogP contribution is -2.42. The van der Waals surface area contributed by atoms with Gasteiger partial charge in [-0.3, -0.25) is 14.9 Å². The number of rotatable bonds is 6. The second-order valence-corrected chi connectivity index (χ2v) is 8.89.